The summed E-state index contributed by atoms with van der Waals surface area (Å²) in [5.74, 6) is -0.735. The van der Waals surface area contributed by atoms with Crippen LogP contribution in [0.15, 0.2) is 48.5 Å². The molecule has 0 saturated carbocycles. The first-order valence-electron chi connectivity index (χ1n) is 8.86. The molecule has 2 amide bonds. The van der Waals surface area contributed by atoms with Crippen LogP contribution in [0.4, 0.5) is 4.39 Å². The molecule has 1 fully saturated rings. The van der Waals surface area contributed by atoms with Gasteiger partial charge in [0.15, 0.2) is 0 Å². The van der Waals surface area contributed by atoms with Crippen molar-refractivity contribution in [3.05, 3.63) is 70.5 Å². The smallest absolute Gasteiger partial charge is 0.247 e. The molecule has 1 heterocycles. The van der Waals surface area contributed by atoms with Crippen molar-refractivity contribution >= 4 is 23.4 Å². The number of halogens is 2. The summed E-state index contributed by atoms with van der Waals surface area (Å²) in [6.45, 7) is 4.81. The predicted octanol–water partition coefficient (Wildman–Crippen LogP) is 3.85. The van der Waals surface area contributed by atoms with Crippen LogP contribution in [0, 0.1) is 5.82 Å². The Kier molecular flexibility index (Phi) is 5.51. The van der Waals surface area contributed by atoms with E-state index in [9.17, 15) is 14.0 Å². The van der Waals surface area contributed by atoms with E-state index < -0.39 is 11.5 Å². The Bertz CT molecular complexity index is 834. The van der Waals surface area contributed by atoms with Gasteiger partial charge in [0, 0.05) is 24.5 Å². The van der Waals surface area contributed by atoms with Crippen molar-refractivity contribution in [3.63, 3.8) is 0 Å². The second kappa shape index (κ2) is 7.69. The van der Waals surface area contributed by atoms with E-state index in [1.807, 2.05) is 26.0 Å². The van der Waals surface area contributed by atoms with Crippen LogP contribution in [0.2, 0.25) is 5.02 Å². The molecule has 1 N–H and O–H groups in total. The zero-order valence-corrected chi connectivity index (χ0v) is 16.1. The maximum Gasteiger partial charge on any atom is 0.247 e. The summed E-state index contributed by atoms with van der Waals surface area (Å²) >= 11 is 5.96. The van der Waals surface area contributed by atoms with Gasteiger partial charge in [-0.15, -0.1) is 0 Å². The minimum atomic E-state index is -0.743. The van der Waals surface area contributed by atoms with Gasteiger partial charge in [-0.1, -0.05) is 49.7 Å². The van der Waals surface area contributed by atoms with Gasteiger partial charge >= 0.3 is 0 Å². The van der Waals surface area contributed by atoms with Crippen LogP contribution < -0.4 is 5.32 Å². The molecule has 4 nitrogen and oxygen atoms in total. The van der Waals surface area contributed by atoms with Gasteiger partial charge in [-0.25, -0.2) is 4.39 Å². The van der Waals surface area contributed by atoms with E-state index in [1.165, 1.54) is 12.1 Å². The lowest BCUT2D eigenvalue weighted by Gasteiger charge is -2.37. The Balaban J connectivity index is 1.83. The number of benzene rings is 2. The maximum absolute atomic E-state index is 13.3. The van der Waals surface area contributed by atoms with Crippen LogP contribution in [-0.2, 0) is 15.0 Å². The molecule has 1 atom stereocenters. The monoisotopic (exact) mass is 388 g/mol. The van der Waals surface area contributed by atoms with Crippen LogP contribution in [0.1, 0.15) is 37.4 Å². The zero-order valence-electron chi connectivity index (χ0n) is 15.3. The van der Waals surface area contributed by atoms with Gasteiger partial charge in [0.25, 0.3) is 0 Å². The predicted molar refractivity (Wildman–Crippen MR) is 103 cm³/mol. The second-order valence-electron chi connectivity index (χ2n) is 7.40. The molecule has 1 unspecified atom stereocenters. The molecule has 0 bridgehead atoms. The molecule has 0 aliphatic carbocycles. The largest absolute Gasteiger partial charge is 0.352 e. The Morgan fingerprint density at radius 2 is 1.81 bits per heavy atom. The van der Waals surface area contributed by atoms with Gasteiger partial charge in [0.2, 0.25) is 11.8 Å². The molecule has 1 saturated heterocycles. The van der Waals surface area contributed by atoms with Crippen molar-refractivity contribution in [1.29, 1.82) is 0 Å². The van der Waals surface area contributed by atoms with Gasteiger partial charge in [-0.2, -0.15) is 0 Å². The molecule has 142 valence electrons. The molecule has 2 aromatic carbocycles. The molecule has 1 aliphatic rings. The summed E-state index contributed by atoms with van der Waals surface area (Å²) in [5.41, 5.74) is 1.19. The summed E-state index contributed by atoms with van der Waals surface area (Å²) in [7, 11) is 0. The van der Waals surface area contributed by atoms with Gasteiger partial charge in [-0.05, 0) is 40.8 Å². The van der Waals surface area contributed by atoms with Crippen LogP contribution >= 0.6 is 11.6 Å². The molecule has 3 rings (SSSR count). The molecular weight excluding hydrogens is 367 g/mol. The number of nitrogens with zero attached hydrogens (tertiary/aromatic N) is 1. The molecule has 0 aromatic heterocycles. The van der Waals surface area contributed by atoms with Gasteiger partial charge < -0.3 is 10.2 Å². The average molecular weight is 389 g/mol. The molecule has 6 heteroatoms. The number of rotatable bonds is 4. The van der Waals surface area contributed by atoms with Crippen molar-refractivity contribution in [3.8, 4) is 0 Å². The second-order valence-corrected chi connectivity index (χ2v) is 7.84. The highest BCUT2D eigenvalue weighted by molar-refractivity contribution is 6.30. The third kappa shape index (κ3) is 4.30. The summed E-state index contributed by atoms with van der Waals surface area (Å²) in [6, 6.07) is 12.4. The topological polar surface area (TPSA) is 49.4 Å². The number of carbonyl (C=O) groups excluding carboxylic acids is 2. The summed E-state index contributed by atoms with van der Waals surface area (Å²) in [4.78, 5) is 27.1. The van der Waals surface area contributed by atoms with Crippen molar-refractivity contribution in [2.75, 3.05) is 13.1 Å². The fourth-order valence-electron chi connectivity index (χ4n) is 3.39. The van der Waals surface area contributed by atoms with E-state index >= 15 is 0 Å². The third-order valence-electron chi connectivity index (χ3n) is 4.94. The van der Waals surface area contributed by atoms with Crippen LogP contribution in [0.25, 0.3) is 0 Å². The van der Waals surface area contributed by atoms with E-state index in [1.54, 1.807) is 29.2 Å². The average Bonchev–Trinajstić information content (AvgIpc) is 2.62. The fourth-order valence-corrected chi connectivity index (χ4v) is 3.52. The van der Waals surface area contributed by atoms with Crippen molar-refractivity contribution in [2.45, 2.75) is 31.7 Å². The Morgan fingerprint density at radius 1 is 1.19 bits per heavy atom. The highest BCUT2D eigenvalue weighted by Crippen LogP contribution is 2.31. The van der Waals surface area contributed by atoms with E-state index in [0.717, 1.165) is 5.56 Å². The number of hydrogen-bond acceptors (Lipinski definition) is 2. The summed E-state index contributed by atoms with van der Waals surface area (Å²) < 4.78 is 13.3. The van der Waals surface area contributed by atoms with Crippen molar-refractivity contribution in [1.82, 2.24) is 10.2 Å². The van der Waals surface area contributed by atoms with Crippen LogP contribution in [0.3, 0.4) is 0 Å². The molecule has 2 aromatic rings. The SMILES string of the molecule is CC(C)(CC(=O)N1CCNC(=O)C1c1ccc(F)cc1)c1ccc(Cl)cc1. The normalized spacial score (nSPS) is 17.6. The maximum atomic E-state index is 13.3. The quantitative estimate of drug-likeness (QED) is 0.864. The molecule has 27 heavy (non-hydrogen) atoms. The zero-order chi connectivity index (χ0) is 19.6. The number of carbonyl (C=O) groups is 2. The van der Waals surface area contributed by atoms with Crippen molar-refractivity contribution < 1.29 is 14.0 Å². The highest BCUT2D eigenvalue weighted by Gasteiger charge is 2.36. The first-order valence-corrected chi connectivity index (χ1v) is 9.24. The summed E-state index contributed by atoms with van der Waals surface area (Å²) in [6.07, 6.45) is 0.250. The minimum absolute atomic E-state index is 0.112. The molecule has 0 radical (unpaired) electrons. The molecule has 1 aliphatic heterocycles. The number of hydrogen-bond donors (Lipinski definition) is 1. The van der Waals surface area contributed by atoms with E-state index in [-0.39, 0.29) is 24.1 Å². The Morgan fingerprint density at radius 3 is 2.44 bits per heavy atom. The van der Waals surface area contributed by atoms with E-state index in [4.69, 9.17) is 11.6 Å². The fraction of sp³-hybridized carbons (Fsp3) is 0.333. The first-order chi connectivity index (χ1) is 12.8. The lowest BCUT2D eigenvalue weighted by atomic mass is 9.81. The van der Waals surface area contributed by atoms with E-state index in [2.05, 4.69) is 5.32 Å². The van der Waals surface area contributed by atoms with Gasteiger partial charge in [0.1, 0.15) is 11.9 Å². The summed E-state index contributed by atoms with van der Waals surface area (Å²) in [5, 5.41) is 3.43. The van der Waals surface area contributed by atoms with Crippen LogP contribution in [0.5, 0.6) is 0 Å². The first kappa shape index (κ1) is 19.4. The van der Waals surface area contributed by atoms with Crippen LogP contribution in [-0.4, -0.2) is 29.8 Å². The standard InChI is InChI=1S/C21H22ClFN2O2/c1-21(2,15-5-7-16(22)8-6-15)13-18(26)25-12-11-24-20(27)19(25)14-3-9-17(23)10-4-14/h3-10,19H,11-13H2,1-2H3,(H,24,27). The van der Waals surface area contributed by atoms with Gasteiger partial charge in [0.05, 0.1) is 0 Å². The third-order valence-corrected chi connectivity index (χ3v) is 5.19. The highest BCUT2D eigenvalue weighted by atomic mass is 35.5. The lowest BCUT2D eigenvalue weighted by molar-refractivity contribution is -0.144. The Labute approximate surface area is 163 Å². The number of piperazine rings is 1. The van der Waals surface area contributed by atoms with E-state index in [0.29, 0.717) is 23.7 Å². The molecule has 0 spiro atoms. The van der Waals surface area contributed by atoms with Gasteiger partial charge in [-0.3, -0.25) is 9.59 Å². The Hall–Kier alpha value is -2.40. The minimum Gasteiger partial charge on any atom is -0.352 e. The molecular formula is C21H22ClFN2O2. The number of amides is 2. The lowest BCUT2D eigenvalue weighted by Crippen LogP contribution is -2.52. The van der Waals surface area contributed by atoms with Crippen molar-refractivity contribution in [2.24, 2.45) is 0 Å². The number of nitrogens with one attached hydrogen (secondary N) is 1.